The molecule has 0 aliphatic carbocycles. The average molecular weight is 299 g/mol. The first-order valence-corrected chi connectivity index (χ1v) is 6.05. The van der Waals surface area contributed by atoms with Crippen molar-refractivity contribution in [2.24, 2.45) is 0 Å². The van der Waals surface area contributed by atoms with Crippen LogP contribution in [0.5, 0.6) is 0 Å². The Balaban J connectivity index is 0.00000128. The maximum Gasteiger partial charge on any atom is 0.206 e. The van der Waals surface area contributed by atoms with E-state index >= 15 is 0 Å². The molecule has 0 aliphatic heterocycles. The molecule has 16 heavy (non-hydrogen) atoms. The maximum atomic E-state index is 12.0. The van der Waals surface area contributed by atoms with Crippen molar-refractivity contribution < 1.29 is 8.42 Å². The Kier molecular flexibility index (Phi) is 4.26. The second kappa shape index (κ2) is 5.27. The van der Waals surface area contributed by atoms with Crippen molar-refractivity contribution in [3.63, 3.8) is 0 Å². The molecule has 0 N–H and O–H groups in total. The van der Waals surface area contributed by atoms with E-state index in [0.717, 1.165) is 0 Å². The van der Waals surface area contributed by atoms with Gasteiger partial charge in [0, 0.05) is 0 Å². The summed E-state index contributed by atoms with van der Waals surface area (Å²) in [7, 11) is -3.34. The molecule has 0 fully saturated rings. The van der Waals surface area contributed by atoms with Crippen molar-refractivity contribution in [1.82, 2.24) is 0 Å². The zero-order chi connectivity index (χ0) is 10.7. The van der Waals surface area contributed by atoms with Gasteiger partial charge in [-0.15, -0.1) is 17.0 Å². The number of benzene rings is 2. The standard InChI is InChI=1S/C12H10O2S.BrH/c13-15(14,11-7-3-1-4-8-11)12-9-5-2-6-10-12;/h1-10H;1H. The first kappa shape index (κ1) is 12.9. The van der Waals surface area contributed by atoms with Crippen LogP contribution in [0.3, 0.4) is 0 Å². The largest absolute Gasteiger partial charge is 0.219 e. The highest BCUT2D eigenvalue weighted by Crippen LogP contribution is 2.19. The molecule has 0 aromatic heterocycles. The summed E-state index contributed by atoms with van der Waals surface area (Å²) in [6.45, 7) is 0. The van der Waals surface area contributed by atoms with Crippen LogP contribution < -0.4 is 0 Å². The van der Waals surface area contributed by atoms with E-state index in [4.69, 9.17) is 0 Å². The molecule has 0 aliphatic rings. The van der Waals surface area contributed by atoms with Gasteiger partial charge in [-0.25, -0.2) is 8.42 Å². The lowest BCUT2D eigenvalue weighted by Gasteiger charge is -2.03. The lowest BCUT2D eigenvalue weighted by Crippen LogP contribution is -2.00. The summed E-state index contributed by atoms with van der Waals surface area (Å²) in [5.74, 6) is 0. The van der Waals surface area contributed by atoms with Crippen LogP contribution >= 0.6 is 17.0 Å². The molecule has 0 saturated carbocycles. The lowest BCUT2D eigenvalue weighted by atomic mass is 10.4. The number of sulfone groups is 1. The van der Waals surface area contributed by atoms with Gasteiger partial charge in [0.15, 0.2) is 0 Å². The average Bonchev–Trinajstić information content (AvgIpc) is 2.31. The third-order valence-corrected chi connectivity index (χ3v) is 3.89. The van der Waals surface area contributed by atoms with Gasteiger partial charge in [0.05, 0.1) is 9.79 Å². The molecule has 0 saturated heterocycles. The second-order valence-electron chi connectivity index (χ2n) is 3.13. The molecule has 84 valence electrons. The molecule has 0 heterocycles. The fourth-order valence-corrected chi connectivity index (χ4v) is 2.64. The van der Waals surface area contributed by atoms with E-state index in [1.54, 1.807) is 60.7 Å². The van der Waals surface area contributed by atoms with Crippen molar-refractivity contribution in [1.29, 1.82) is 0 Å². The summed E-state index contributed by atoms with van der Waals surface area (Å²) >= 11 is 0. The Morgan fingerprint density at radius 1 is 0.625 bits per heavy atom. The molecule has 0 amide bonds. The summed E-state index contributed by atoms with van der Waals surface area (Å²) in [5, 5.41) is 0. The van der Waals surface area contributed by atoms with Gasteiger partial charge in [-0.2, -0.15) is 0 Å². The molecule has 2 aromatic carbocycles. The highest BCUT2D eigenvalue weighted by atomic mass is 79.9. The molecule has 0 spiro atoms. The van der Waals surface area contributed by atoms with Gasteiger partial charge >= 0.3 is 0 Å². The van der Waals surface area contributed by atoms with Gasteiger partial charge in [0.1, 0.15) is 0 Å². The molecular formula is C12H11BrO2S. The summed E-state index contributed by atoms with van der Waals surface area (Å²) in [6, 6.07) is 16.9. The van der Waals surface area contributed by atoms with Crippen molar-refractivity contribution in [2.45, 2.75) is 9.79 Å². The van der Waals surface area contributed by atoms with Gasteiger partial charge in [-0.05, 0) is 24.3 Å². The van der Waals surface area contributed by atoms with Crippen LogP contribution in [0.1, 0.15) is 0 Å². The van der Waals surface area contributed by atoms with Crippen LogP contribution in [0.4, 0.5) is 0 Å². The van der Waals surface area contributed by atoms with Gasteiger partial charge in [-0.3, -0.25) is 0 Å². The van der Waals surface area contributed by atoms with Gasteiger partial charge in [0.2, 0.25) is 9.84 Å². The molecular weight excluding hydrogens is 288 g/mol. The monoisotopic (exact) mass is 298 g/mol. The van der Waals surface area contributed by atoms with Crippen molar-refractivity contribution in [3.05, 3.63) is 60.7 Å². The fourth-order valence-electron chi connectivity index (χ4n) is 1.34. The summed E-state index contributed by atoms with van der Waals surface area (Å²) in [5.41, 5.74) is 0. The fraction of sp³-hybridized carbons (Fsp3) is 0. The predicted octanol–water partition coefficient (Wildman–Crippen LogP) is 3.10. The minimum absolute atomic E-state index is 0. The zero-order valence-electron chi connectivity index (χ0n) is 8.41. The number of hydrogen-bond donors (Lipinski definition) is 0. The molecule has 2 rings (SSSR count). The number of halogens is 1. The first-order chi connectivity index (χ1) is 7.21. The Morgan fingerprint density at radius 2 is 0.938 bits per heavy atom. The summed E-state index contributed by atoms with van der Waals surface area (Å²) in [6.07, 6.45) is 0. The molecule has 2 aromatic rings. The minimum atomic E-state index is -3.34. The third-order valence-electron chi connectivity index (χ3n) is 2.11. The zero-order valence-corrected chi connectivity index (χ0v) is 10.9. The SMILES string of the molecule is Br.O=S(=O)(c1ccccc1)c1ccccc1. The minimum Gasteiger partial charge on any atom is -0.219 e. The third kappa shape index (κ3) is 2.51. The van der Waals surface area contributed by atoms with Crippen LogP contribution in [0, 0.1) is 0 Å². The molecule has 2 nitrogen and oxygen atoms in total. The van der Waals surface area contributed by atoms with E-state index in [0.29, 0.717) is 9.79 Å². The van der Waals surface area contributed by atoms with Gasteiger partial charge in [0.25, 0.3) is 0 Å². The van der Waals surface area contributed by atoms with Gasteiger partial charge in [-0.1, -0.05) is 36.4 Å². The van der Waals surface area contributed by atoms with E-state index in [1.165, 1.54) is 0 Å². The van der Waals surface area contributed by atoms with Crippen LogP contribution in [0.15, 0.2) is 70.5 Å². The highest BCUT2D eigenvalue weighted by molar-refractivity contribution is 8.93. The van der Waals surface area contributed by atoms with E-state index in [2.05, 4.69) is 0 Å². The smallest absolute Gasteiger partial charge is 0.206 e. The predicted molar refractivity (Wildman–Crippen MR) is 68.7 cm³/mol. The Labute approximate surface area is 106 Å². The Morgan fingerprint density at radius 3 is 1.25 bits per heavy atom. The molecule has 0 atom stereocenters. The molecule has 4 heteroatoms. The normalized spacial score (nSPS) is 10.5. The van der Waals surface area contributed by atoms with Gasteiger partial charge < -0.3 is 0 Å². The quantitative estimate of drug-likeness (QED) is 0.854. The Bertz CT molecular complexity index is 490. The van der Waals surface area contributed by atoms with Crippen molar-refractivity contribution in [2.75, 3.05) is 0 Å². The van der Waals surface area contributed by atoms with E-state index < -0.39 is 9.84 Å². The Hall–Kier alpha value is -1.13. The topological polar surface area (TPSA) is 34.1 Å². The lowest BCUT2D eigenvalue weighted by molar-refractivity contribution is 0.596. The molecule has 0 bridgehead atoms. The van der Waals surface area contributed by atoms with Crippen LogP contribution in [-0.2, 0) is 9.84 Å². The number of rotatable bonds is 2. The highest BCUT2D eigenvalue weighted by Gasteiger charge is 2.15. The first-order valence-electron chi connectivity index (χ1n) is 4.56. The van der Waals surface area contributed by atoms with E-state index in [9.17, 15) is 8.42 Å². The van der Waals surface area contributed by atoms with Crippen LogP contribution in [0.2, 0.25) is 0 Å². The summed E-state index contributed by atoms with van der Waals surface area (Å²) in [4.78, 5) is 0.660. The van der Waals surface area contributed by atoms with Crippen molar-refractivity contribution >= 4 is 26.8 Å². The number of hydrogen-bond acceptors (Lipinski definition) is 2. The van der Waals surface area contributed by atoms with Crippen molar-refractivity contribution in [3.8, 4) is 0 Å². The maximum absolute atomic E-state index is 12.0. The molecule has 0 unspecified atom stereocenters. The summed E-state index contributed by atoms with van der Waals surface area (Å²) < 4.78 is 24.1. The van der Waals surface area contributed by atoms with E-state index in [1.807, 2.05) is 0 Å². The second-order valence-corrected chi connectivity index (χ2v) is 5.08. The van der Waals surface area contributed by atoms with Crippen LogP contribution in [0.25, 0.3) is 0 Å². The van der Waals surface area contributed by atoms with E-state index in [-0.39, 0.29) is 17.0 Å². The molecule has 0 radical (unpaired) electrons. The van der Waals surface area contributed by atoms with Crippen LogP contribution in [-0.4, -0.2) is 8.42 Å².